The molecule has 0 saturated heterocycles. The van der Waals surface area contributed by atoms with Gasteiger partial charge in [-0.15, -0.1) is 0 Å². The fourth-order valence-electron chi connectivity index (χ4n) is 1.55. The summed E-state index contributed by atoms with van der Waals surface area (Å²) in [5.74, 6) is -0.304. The Morgan fingerprint density at radius 2 is 2.00 bits per heavy atom. The van der Waals surface area contributed by atoms with Crippen LogP contribution in [0.2, 0.25) is 0 Å². The molecule has 18 heavy (non-hydrogen) atoms. The van der Waals surface area contributed by atoms with Crippen molar-refractivity contribution in [2.75, 3.05) is 24.2 Å². The number of nitrogens with one attached hydrogen (secondary N) is 1. The maximum Gasteiger partial charge on any atom is 0.243 e. The van der Waals surface area contributed by atoms with E-state index in [4.69, 9.17) is 0 Å². The molecule has 1 aromatic carbocycles. The molecule has 98 valence electrons. The van der Waals surface area contributed by atoms with Crippen molar-refractivity contribution in [3.63, 3.8) is 0 Å². The van der Waals surface area contributed by atoms with E-state index < -0.39 is 0 Å². The molecule has 1 N–H and O–H groups in total. The Kier molecular flexibility index (Phi) is 5.85. The van der Waals surface area contributed by atoms with Gasteiger partial charge in [0.25, 0.3) is 0 Å². The van der Waals surface area contributed by atoms with Gasteiger partial charge < -0.3 is 10.2 Å². The Balaban J connectivity index is 2.62. The predicted octanol–water partition coefficient (Wildman–Crippen LogP) is 2.04. The quantitative estimate of drug-likeness (QED) is 0.846. The summed E-state index contributed by atoms with van der Waals surface area (Å²) in [6.07, 6.45) is 0.854. The number of likely N-dealkylation sites (N-methyl/N-ethyl adjacent to an activating group) is 1. The van der Waals surface area contributed by atoms with Crippen molar-refractivity contribution in [2.45, 2.75) is 13.3 Å². The highest BCUT2D eigenvalue weighted by Crippen LogP contribution is 2.15. The van der Waals surface area contributed by atoms with E-state index >= 15 is 0 Å². The summed E-state index contributed by atoms with van der Waals surface area (Å²) >= 11 is 3.07. The summed E-state index contributed by atoms with van der Waals surface area (Å²) in [7, 11) is 1.61. The summed E-state index contributed by atoms with van der Waals surface area (Å²) in [6.45, 7) is 2.09. The van der Waals surface area contributed by atoms with E-state index in [2.05, 4.69) is 21.2 Å². The second kappa shape index (κ2) is 7.16. The third-order valence-electron chi connectivity index (χ3n) is 2.59. The Labute approximate surface area is 115 Å². The van der Waals surface area contributed by atoms with E-state index in [0.29, 0.717) is 0 Å². The van der Waals surface area contributed by atoms with Crippen molar-refractivity contribution >= 4 is 33.4 Å². The van der Waals surface area contributed by atoms with Gasteiger partial charge >= 0.3 is 0 Å². The van der Waals surface area contributed by atoms with Crippen LogP contribution >= 0.6 is 15.9 Å². The van der Waals surface area contributed by atoms with Crippen LogP contribution in [0.4, 0.5) is 5.69 Å². The normalized spacial score (nSPS) is 9.94. The number of hydrogen-bond donors (Lipinski definition) is 1. The summed E-state index contributed by atoms with van der Waals surface area (Å²) in [4.78, 5) is 24.5. The second-order valence-electron chi connectivity index (χ2n) is 3.94. The van der Waals surface area contributed by atoms with Crippen LogP contribution in [0.25, 0.3) is 0 Å². The van der Waals surface area contributed by atoms with E-state index in [1.54, 1.807) is 7.05 Å². The first kappa shape index (κ1) is 14.7. The molecule has 0 unspecified atom stereocenters. The first-order valence-corrected chi connectivity index (χ1v) is 6.88. The molecule has 1 rings (SSSR count). The minimum Gasteiger partial charge on any atom is -0.336 e. The molecule has 0 aromatic heterocycles. The van der Waals surface area contributed by atoms with Crippen LogP contribution in [0.3, 0.4) is 0 Å². The zero-order chi connectivity index (χ0) is 13.5. The highest BCUT2D eigenvalue weighted by atomic mass is 79.9. The van der Waals surface area contributed by atoms with Crippen LogP contribution in [0.15, 0.2) is 24.3 Å². The summed E-state index contributed by atoms with van der Waals surface area (Å²) in [6, 6.07) is 7.66. The van der Waals surface area contributed by atoms with Crippen molar-refractivity contribution < 1.29 is 9.59 Å². The second-order valence-corrected chi connectivity index (χ2v) is 4.50. The van der Waals surface area contributed by atoms with Gasteiger partial charge in [-0.05, 0) is 18.1 Å². The van der Waals surface area contributed by atoms with Gasteiger partial charge in [0.2, 0.25) is 11.8 Å². The number of anilines is 1. The zero-order valence-corrected chi connectivity index (χ0v) is 12.2. The van der Waals surface area contributed by atoms with Gasteiger partial charge in [0.15, 0.2) is 0 Å². The first-order chi connectivity index (χ1) is 8.58. The van der Waals surface area contributed by atoms with E-state index in [0.717, 1.165) is 17.7 Å². The molecule has 0 bridgehead atoms. The summed E-state index contributed by atoms with van der Waals surface area (Å²) in [5.41, 5.74) is 1.89. The number of alkyl halides is 1. The number of carbonyl (C=O) groups excluding carboxylic acids is 2. The number of hydrogen-bond acceptors (Lipinski definition) is 2. The lowest BCUT2D eigenvalue weighted by Gasteiger charge is -2.16. The highest BCUT2D eigenvalue weighted by Gasteiger charge is 2.12. The Morgan fingerprint density at radius 3 is 2.61 bits per heavy atom. The van der Waals surface area contributed by atoms with Crippen molar-refractivity contribution in [3.05, 3.63) is 29.8 Å². The fraction of sp³-hybridized carbons (Fsp3) is 0.385. The number of rotatable bonds is 5. The number of benzene rings is 1. The van der Waals surface area contributed by atoms with Crippen molar-refractivity contribution in [2.24, 2.45) is 0 Å². The molecule has 4 nitrogen and oxygen atoms in total. The monoisotopic (exact) mass is 312 g/mol. The smallest absolute Gasteiger partial charge is 0.243 e. The van der Waals surface area contributed by atoms with E-state index in [-0.39, 0.29) is 23.7 Å². The van der Waals surface area contributed by atoms with Gasteiger partial charge in [-0.25, -0.2) is 0 Å². The zero-order valence-electron chi connectivity index (χ0n) is 10.6. The van der Waals surface area contributed by atoms with Crippen LogP contribution in [0.1, 0.15) is 12.5 Å². The molecule has 0 radical (unpaired) electrons. The molecule has 2 amide bonds. The summed E-state index contributed by atoms with van der Waals surface area (Å²) < 4.78 is 0. The molecular formula is C13H17BrN2O2. The Bertz CT molecular complexity index is 435. The molecule has 0 aliphatic heterocycles. The van der Waals surface area contributed by atoms with Crippen LogP contribution in [0.5, 0.6) is 0 Å². The number of halogens is 1. The van der Waals surface area contributed by atoms with Gasteiger partial charge in [0, 0.05) is 12.7 Å². The van der Waals surface area contributed by atoms with Crippen LogP contribution in [-0.4, -0.2) is 35.6 Å². The number of nitrogens with zero attached hydrogens (tertiary/aromatic N) is 1. The Morgan fingerprint density at radius 1 is 1.33 bits per heavy atom. The SMILES string of the molecule is CCc1ccccc1NC(=O)CN(C)C(=O)CBr. The predicted molar refractivity (Wildman–Crippen MR) is 75.9 cm³/mol. The molecule has 0 fully saturated rings. The van der Waals surface area contributed by atoms with E-state index in [1.807, 2.05) is 31.2 Å². The van der Waals surface area contributed by atoms with Gasteiger partial charge in [0.1, 0.15) is 0 Å². The fourth-order valence-corrected chi connectivity index (χ4v) is 1.97. The van der Waals surface area contributed by atoms with Crippen molar-refractivity contribution in [3.8, 4) is 0 Å². The van der Waals surface area contributed by atoms with Gasteiger partial charge in [0.05, 0.1) is 11.9 Å². The standard InChI is InChI=1S/C13H17BrN2O2/c1-3-10-6-4-5-7-11(10)15-12(17)9-16(2)13(18)8-14/h4-7H,3,8-9H2,1-2H3,(H,15,17). The van der Waals surface area contributed by atoms with Gasteiger partial charge in [-0.3, -0.25) is 9.59 Å². The summed E-state index contributed by atoms with van der Waals surface area (Å²) in [5, 5.41) is 3.05. The van der Waals surface area contributed by atoms with Crippen LogP contribution < -0.4 is 5.32 Å². The van der Waals surface area contributed by atoms with Gasteiger partial charge in [-0.2, -0.15) is 0 Å². The maximum atomic E-state index is 11.8. The molecule has 0 atom stereocenters. The average molecular weight is 313 g/mol. The number of carbonyl (C=O) groups is 2. The minimum atomic E-state index is -0.187. The molecule has 0 heterocycles. The Hall–Kier alpha value is -1.36. The van der Waals surface area contributed by atoms with Gasteiger partial charge in [-0.1, -0.05) is 41.1 Å². The molecule has 1 aromatic rings. The van der Waals surface area contributed by atoms with Crippen LogP contribution in [0, 0.1) is 0 Å². The van der Waals surface area contributed by atoms with Crippen LogP contribution in [-0.2, 0) is 16.0 Å². The molecule has 5 heteroatoms. The third kappa shape index (κ3) is 4.14. The number of aryl methyl sites for hydroxylation is 1. The largest absolute Gasteiger partial charge is 0.336 e. The number of amides is 2. The highest BCUT2D eigenvalue weighted by molar-refractivity contribution is 9.09. The third-order valence-corrected chi connectivity index (χ3v) is 3.07. The lowest BCUT2D eigenvalue weighted by Crippen LogP contribution is -2.35. The lowest BCUT2D eigenvalue weighted by molar-refractivity contribution is -0.130. The molecule has 0 spiro atoms. The van der Waals surface area contributed by atoms with E-state index in [1.165, 1.54) is 4.90 Å². The topological polar surface area (TPSA) is 49.4 Å². The molecule has 0 aliphatic carbocycles. The van der Waals surface area contributed by atoms with E-state index in [9.17, 15) is 9.59 Å². The van der Waals surface area contributed by atoms with Crippen molar-refractivity contribution in [1.29, 1.82) is 0 Å². The first-order valence-electron chi connectivity index (χ1n) is 5.76. The average Bonchev–Trinajstić information content (AvgIpc) is 2.38. The lowest BCUT2D eigenvalue weighted by atomic mass is 10.1. The maximum absolute atomic E-state index is 11.8. The van der Waals surface area contributed by atoms with Crippen molar-refractivity contribution in [1.82, 2.24) is 4.90 Å². The molecule has 0 saturated carbocycles. The molecule has 0 aliphatic rings. The minimum absolute atomic E-state index is 0.0580. The molecular weight excluding hydrogens is 296 g/mol. The number of para-hydroxylation sites is 1.